The van der Waals surface area contributed by atoms with Gasteiger partial charge in [-0.2, -0.15) is 13.2 Å². The van der Waals surface area contributed by atoms with Crippen LogP contribution >= 0.6 is 0 Å². The molecule has 0 saturated carbocycles. The molecule has 12 nitrogen and oxygen atoms in total. The highest BCUT2D eigenvalue weighted by Gasteiger charge is 2.35. The quantitative estimate of drug-likeness (QED) is 0.101. The zero-order valence-corrected chi connectivity index (χ0v) is 31.1. The molecule has 2 aliphatic heterocycles. The van der Waals surface area contributed by atoms with Crippen molar-refractivity contribution < 1.29 is 32.3 Å². The van der Waals surface area contributed by atoms with Crippen LogP contribution in [0.15, 0.2) is 72.9 Å². The number of carbonyl (C=O) groups excluding carboxylic acids is 3. The zero-order valence-electron chi connectivity index (χ0n) is 31.1. The van der Waals surface area contributed by atoms with E-state index < -0.39 is 23.7 Å². The number of anilines is 6. The largest absolute Gasteiger partial charge is 0.489 e. The highest BCUT2D eigenvalue weighted by molar-refractivity contribution is 6.01. The number of carbonyl (C=O) groups is 3. The fraction of sp³-hybridized carbons (Fsp3) is 0.350. The molecule has 3 heterocycles. The lowest BCUT2D eigenvalue weighted by Gasteiger charge is -2.37. The van der Waals surface area contributed by atoms with E-state index in [9.17, 15) is 27.6 Å². The Labute approximate surface area is 317 Å². The van der Waals surface area contributed by atoms with Gasteiger partial charge in [-0.3, -0.25) is 24.6 Å². The molecule has 4 aromatic rings. The minimum atomic E-state index is -4.71. The fourth-order valence-corrected chi connectivity index (χ4v) is 6.73. The third-order valence-corrected chi connectivity index (χ3v) is 9.49. The lowest BCUT2D eigenvalue weighted by Crippen LogP contribution is -2.48. The lowest BCUT2D eigenvalue weighted by molar-refractivity contribution is -0.137. The SMILES string of the molecule is CNC(=O)c1ccccc1Nc1cc(Nc2cc(C)c(N3CCN(Cc4ccccc4NC4CCC(=O)NC4=O)CC3)cc2OC(C)C)ncc1C(F)(F)F. The summed E-state index contributed by atoms with van der Waals surface area (Å²) in [6.45, 7) is 9.50. The summed E-state index contributed by atoms with van der Waals surface area (Å²) in [5.41, 5.74) is 3.54. The van der Waals surface area contributed by atoms with Crippen LogP contribution in [-0.4, -0.2) is 73.0 Å². The Morgan fingerprint density at radius 2 is 1.65 bits per heavy atom. The molecule has 290 valence electrons. The van der Waals surface area contributed by atoms with E-state index in [2.05, 4.69) is 41.4 Å². The molecule has 5 N–H and O–H groups in total. The summed E-state index contributed by atoms with van der Waals surface area (Å²) in [6.07, 6.45) is -3.39. The molecule has 15 heteroatoms. The van der Waals surface area contributed by atoms with Gasteiger partial charge in [-0.25, -0.2) is 4.98 Å². The number of imide groups is 1. The van der Waals surface area contributed by atoms with Crippen molar-refractivity contribution >= 4 is 52.0 Å². The van der Waals surface area contributed by atoms with Crippen molar-refractivity contribution in [2.24, 2.45) is 0 Å². The fourth-order valence-electron chi connectivity index (χ4n) is 6.73. The van der Waals surface area contributed by atoms with E-state index >= 15 is 0 Å². The Bertz CT molecular complexity index is 2050. The van der Waals surface area contributed by atoms with Gasteiger partial charge >= 0.3 is 6.18 Å². The molecule has 1 unspecified atom stereocenters. The molecule has 0 bridgehead atoms. The predicted octanol–water partition coefficient (Wildman–Crippen LogP) is 6.58. The van der Waals surface area contributed by atoms with Gasteiger partial charge in [0.1, 0.15) is 17.6 Å². The van der Waals surface area contributed by atoms with Crippen LogP contribution in [0.25, 0.3) is 0 Å². The highest BCUT2D eigenvalue weighted by Crippen LogP contribution is 2.40. The van der Waals surface area contributed by atoms with Crippen LogP contribution in [-0.2, 0) is 22.3 Å². The number of hydrogen-bond acceptors (Lipinski definition) is 10. The number of rotatable bonds is 12. The number of alkyl halides is 3. The minimum Gasteiger partial charge on any atom is -0.489 e. The second kappa shape index (κ2) is 16.7. The van der Waals surface area contributed by atoms with Crippen LogP contribution in [0.3, 0.4) is 0 Å². The van der Waals surface area contributed by atoms with Crippen molar-refractivity contribution in [3.05, 3.63) is 95.2 Å². The lowest BCUT2D eigenvalue weighted by atomic mass is 10.0. The third kappa shape index (κ3) is 9.46. The Hall–Kier alpha value is -5.83. The number of benzene rings is 3. The Balaban J connectivity index is 1.18. The molecule has 55 heavy (non-hydrogen) atoms. The summed E-state index contributed by atoms with van der Waals surface area (Å²) in [7, 11) is 1.45. The molecular formula is C40H45F3N8O4. The second-order valence-electron chi connectivity index (χ2n) is 13.9. The number of ether oxygens (including phenoxy) is 1. The van der Waals surface area contributed by atoms with Gasteiger partial charge in [0.25, 0.3) is 5.91 Å². The Morgan fingerprint density at radius 1 is 0.945 bits per heavy atom. The topological polar surface area (TPSA) is 140 Å². The number of aromatic nitrogens is 1. The number of nitrogens with zero attached hydrogens (tertiary/aromatic N) is 3. The smallest absolute Gasteiger partial charge is 0.419 e. The average molecular weight is 759 g/mol. The van der Waals surface area contributed by atoms with Crippen LogP contribution in [0.1, 0.15) is 53.7 Å². The van der Waals surface area contributed by atoms with Crippen molar-refractivity contribution in [1.82, 2.24) is 20.5 Å². The van der Waals surface area contributed by atoms with E-state index in [0.29, 0.717) is 30.8 Å². The van der Waals surface area contributed by atoms with Gasteiger partial charge in [0.15, 0.2) is 0 Å². The van der Waals surface area contributed by atoms with Crippen LogP contribution in [0, 0.1) is 6.92 Å². The number of hydrogen-bond donors (Lipinski definition) is 5. The first-order chi connectivity index (χ1) is 26.3. The van der Waals surface area contributed by atoms with Crippen molar-refractivity contribution in [3.63, 3.8) is 0 Å². The van der Waals surface area contributed by atoms with Gasteiger partial charge in [0.2, 0.25) is 11.8 Å². The summed E-state index contributed by atoms with van der Waals surface area (Å²) in [6, 6.07) is 18.9. The van der Waals surface area contributed by atoms with Crippen molar-refractivity contribution in [2.75, 3.05) is 54.1 Å². The molecule has 2 aliphatic rings. The van der Waals surface area contributed by atoms with E-state index in [1.54, 1.807) is 12.1 Å². The normalized spacial score (nSPS) is 16.4. The van der Waals surface area contributed by atoms with Gasteiger partial charge in [-0.15, -0.1) is 0 Å². The predicted molar refractivity (Wildman–Crippen MR) is 206 cm³/mol. The van der Waals surface area contributed by atoms with Crippen molar-refractivity contribution in [1.29, 1.82) is 0 Å². The molecule has 1 atom stereocenters. The molecule has 0 radical (unpaired) electrons. The van der Waals surface area contributed by atoms with Gasteiger partial charge in [0.05, 0.1) is 34.3 Å². The minimum absolute atomic E-state index is 0.148. The maximum atomic E-state index is 14.1. The monoisotopic (exact) mass is 758 g/mol. The molecule has 2 fully saturated rings. The number of piperazine rings is 1. The summed E-state index contributed by atoms with van der Waals surface area (Å²) in [5, 5.41) is 14.2. The summed E-state index contributed by atoms with van der Waals surface area (Å²) in [4.78, 5) is 45.2. The van der Waals surface area contributed by atoms with Crippen LogP contribution < -0.4 is 36.2 Å². The third-order valence-electron chi connectivity index (χ3n) is 9.49. The van der Waals surface area contributed by atoms with Crippen molar-refractivity contribution in [3.8, 4) is 5.75 Å². The molecule has 1 aromatic heterocycles. The van der Waals surface area contributed by atoms with Gasteiger partial charge in [-0.1, -0.05) is 30.3 Å². The molecule has 6 rings (SSSR count). The standard InChI is InChI=1S/C40H45F3N8O4/c1-24(2)55-35-21-34(51-17-15-50(16-18-51)23-26-9-5-7-11-29(26)46-31-13-14-37(52)49-39(31)54)25(3)19-33(35)48-36-20-32(28(22-45-36)40(41,42)43)47-30-12-8-6-10-27(30)38(53)44-4/h5-12,19-22,24,31,46H,13-18,23H2,1-4H3,(H,44,53)(H2,45,47,48)(H,49,52,54). The molecular weight excluding hydrogens is 713 g/mol. The first-order valence-electron chi connectivity index (χ1n) is 18.2. The number of halogens is 3. The molecule has 3 amide bonds. The number of piperidine rings is 1. The number of para-hydroxylation sites is 2. The first-order valence-corrected chi connectivity index (χ1v) is 18.2. The summed E-state index contributed by atoms with van der Waals surface area (Å²) >= 11 is 0. The van der Waals surface area contributed by atoms with E-state index in [0.717, 1.165) is 54.9 Å². The Morgan fingerprint density at radius 3 is 2.35 bits per heavy atom. The maximum Gasteiger partial charge on any atom is 0.419 e. The maximum absolute atomic E-state index is 14.1. The molecule has 3 aromatic carbocycles. The van der Waals surface area contributed by atoms with Gasteiger partial charge < -0.3 is 30.9 Å². The van der Waals surface area contributed by atoms with Crippen LogP contribution in [0.5, 0.6) is 5.75 Å². The van der Waals surface area contributed by atoms with Gasteiger partial charge in [-0.05, 0) is 62.6 Å². The van der Waals surface area contributed by atoms with Crippen LogP contribution in [0.4, 0.5) is 47.4 Å². The molecule has 0 aliphatic carbocycles. The van der Waals surface area contributed by atoms with E-state index in [1.165, 1.54) is 25.2 Å². The number of aryl methyl sites for hydroxylation is 1. The summed E-state index contributed by atoms with van der Waals surface area (Å²) < 4.78 is 48.7. The van der Waals surface area contributed by atoms with Crippen LogP contribution in [0.2, 0.25) is 0 Å². The number of amides is 3. The first kappa shape index (κ1) is 38.9. The number of pyridine rings is 1. The van der Waals surface area contributed by atoms with E-state index in [4.69, 9.17) is 4.74 Å². The molecule has 0 spiro atoms. The van der Waals surface area contributed by atoms with E-state index in [1.807, 2.05) is 57.2 Å². The average Bonchev–Trinajstić information content (AvgIpc) is 3.14. The van der Waals surface area contributed by atoms with Crippen molar-refractivity contribution in [2.45, 2.75) is 58.5 Å². The Kier molecular flexibility index (Phi) is 11.8. The zero-order chi connectivity index (χ0) is 39.3. The highest BCUT2D eigenvalue weighted by atomic mass is 19.4. The molecule has 2 saturated heterocycles. The van der Waals surface area contributed by atoms with E-state index in [-0.39, 0.29) is 40.7 Å². The summed E-state index contributed by atoms with van der Waals surface area (Å²) in [5.74, 6) is -0.335. The number of nitrogens with one attached hydrogen (secondary N) is 5. The second-order valence-corrected chi connectivity index (χ2v) is 13.9. The van der Waals surface area contributed by atoms with Gasteiger partial charge in [0, 0.05) is 75.9 Å².